The zero-order chi connectivity index (χ0) is 21.0. The predicted octanol–water partition coefficient (Wildman–Crippen LogP) is 6.49. The van der Waals surface area contributed by atoms with Gasteiger partial charge in [0, 0.05) is 5.92 Å². The molecular weight excluding hydrogens is 356 g/mol. The first-order valence-electron chi connectivity index (χ1n) is 12.2. The molecule has 7 atom stereocenters. The van der Waals surface area contributed by atoms with E-state index < -0.39 is 5.60 Å². The standard InChI is InChI=1S/C27H42O2/c1-18(9-8-14-25(2,3)29)20-11-12-21-24-22(13-16-27(20,21)5)26(4)15-7-6-10-19(26)17-23(24)28/h6,10,17-18,20-22,24,29H,7-9,11-16H2,1-5H3/t18-,20-,21+,22+,24+,26+,27-/m1/s1. The van der Waals surface area contributed by atoms with Gasteiger partial charge in [0.15, 0.2) is 5.78 Å². The summed E-state index contributed by atoms with van der Waals surface area (Å²) in [5.74, 6) is 3.20. The molecule has 0 bridgehead atoms. The summed E-state index contributed by atoms with van der Waals surface area (Å²) < 4.78 is 0. The van der Waals surface area contributed by atoms with Crippen molar-refractivity contribution in [1.82, 2.24) is 0 Å². The van der Waals surface area contributed by atoms with Crippen molar-refractivity contribution in [3.05, 3.63) is 23.8 Å². The Morgan fingerprint density at radius 2 is 1.93 bits per heavy atom. The van der Waals surface area contributed by atoms with Crippen LogP contribution in [0.3, 0.4) is 0 Å². The number of carbonyl (C=O) groups is 1. The number of rotatable bonds is 5. The Morgan fingerprint density at radius 1 is 1.17 bits per heavy atom. The lowest BCUT2D eigenvalue weighted by Gasteiger charge is -2.56. The molecule has 162 valence electrons. The maximum atomic E-state index is 13.3. The summed E-state index contributed by atoms with van der Waals surface area (Å²) in [4.78, 5) is 13.3. The van der Waals surface area contributed by atoms with Gasteiger partial charge in [0.05, 0.1) is 5.60 Å². The lowest BCUT2D eigenvalue weighted by molar-refractivity contribution is -0.133. The van der Waals surface area contributed by atoms with E-state index >= 15 is 0 Å². The first-order chi connectivity index (χ1) is 13.6. The van der Waals surface area contributed by atoms with E-state index in [0.29, 0.717) is 29.0 Å². The van der Waals surface area contributed by atoms with Crippen LogP contribution < -0.4 is 0 Å². The third kappa shape index (κ3) is 3.58. The Balaban J connectivity index is 1.53. The second-order valence-electron chi connectivity index (χ2n) is 12.0. The molecular formula is C27H42O2. The van der Waals surface area contributed by atoms with Gasteiger partial charge in [-0.1, -0.05) is 45.8 Å². The minimum Gasteiger partial charge on any atom is -0.390 e. The third-order valence-corrected chi connectivity index (χ3v) is 9.71. The zero-order valence-corrected chi connectivity index (χ0v) is 19.3. The normalized spacial score (nSPS) is 42.7. The summed E-state index contributed by atoms with van der Waals surface area (Å²) in [6, 6.07) is 0. The zero-order valence-electron chi connectivity index (χ0n) is 19.3. The molecule has 2 saturated carbocycles. The van der Waals surface area contributed by atoms with E-state index in [1.165, 1.54) is 44.1 Å². The van der Waals surface area contributed by atoms with Crippen LogP contribution in [0.25, 0.3) is 0 Å². The van der Waals surface area contributed by atoms with E-state index in [4.69, 9.17) is 0 Å². The largest absolute Gasteiger partial charge is 0.390 e. The molecule has 0 heterocycles. The van der Waals surface area contributed by atoms with E-state index in [0.717, 1.165) is 25.2 Å². The van der Waals surface area contributed by atoms with Gasteiger partial charge >= 0.3 is 0 Å². The topological polar surface area (TPSA) is 37.3 Å². The minimum atomic E-state index is -0.553. The van der Waals surface area contributed by atoms with Crippen LogP contribution in [-0.2, 0) is 4.79 Å². The molecule has 0 radical (unpaired) electrons. The van der Waals surface area contributed by atoms with Gasteiger partial charge < -0.3 is 5.11 Å². The summed E-state index contributed by atoms with van der Waals surface area (Å²) in [5, 5.41) is 10.1. The highest BCUT2D eigenvalue weighted by Crippen LogP contribution is 2.66. The molecule has 4 aliphatic carbocycles. The number of hydrogen-bond acceptors (Lipinski definition) is 2. The lowest BCUT2D eigenvalue weighted by atomic mass is 9.47. The highest BCUT2D eigenvalue weighted by Gasteiger charge is 2.60. The number of carbonyl (C=O) groups excluding carboxylic acids is 1. The van der Waals surface area contributed by atoms with Crippen molar-refractivity contribution in [3.63, 3.8) is 0 Å². The molecule has 0 aromatic carbocycles. The predicted molar refractivity (Wildman–Crippen MR) is 119 cm³/mol. The SMILES string of the molecule is C[C@H](CCCC(C)(C)O)[C@H]1CC[C@H]2[C@@H]3C(=O)C=C4C=CCC[C@]4(C)[C@H]3CC[C@]12C. The molecule has 0 aromatic rings. The molecule has 29 heavy (non-hydrogen) atoms. The molecule has 2 nitrogen and oxygen atoms in total. The lowest BCUT2D eigenvalue weighted by Crippen LogP contribution is -2.52. The van der Waals surface area contributed by atoms with Gasteiger partial charge in [0.2, 0.25) is 0 Å². The summed E-state index contributed by atoms with van der Waals surface area (Å²) in [6.45, 7) is 11.2. The average molecular weight is 399 g/mol. The number of ketones is 1. The molecule has 0 amide bonds. The fourth-order valence-electron chi connectivity index (χ4n) is 8.07. The van der Waals surface area contributed by atoms with E-state index in [1.807, 2.05) is 19.9 Å². The minimum absolute atomic E-state index is 0.213. The Bertz CT molecular complexity index is 711. The molecule has 0 unspecified atom stereocenters. The van der Waals surface area contributed by atoms with E-state index in [-0.39, 0.29) is 11.3 Å². The average Bonchev–Trinajstić information content (AvgIpc) is 2.98. The second-order valence-corrected chi connectivity index (χ2v) is 12.0. The third-order valence-electron chi connectivity index (χ3n) is 9.71. The molecule has 0 aromatic heterocycles. The van der Waals surface area contributed by atoms with Crippen LogP contribution in [0.1, 0.15) is 92.4 Å². The number of aliphatic hydroxyl groups is 1. The number of allylic oxidation sites excluding steroid dienone is 4. The van der Waals surface area contributed by atoms with Crippen LogP contribution in [0, 0.1) is 40.4 Å². The van der Waals surface area contributed by atoms with Gasteiger partial charge in [0.25, 0.3) is 0 Å². The van der Waals surface area contributed by atoms with Crippen molar-refractivity contribution in [2.45, 2.75) is 98.0 Å². The van der Waals surface area contributed by atoms with Gasteiger partial charge in [0.1, 0.15) is 0 Å². The Kier molecular flexibility index (Phi) is 5.42. The van der Waals surface area contributed by atoms with Gasteiger partial charge in [-0.25, -0.2) is 0 Å². The monoisotopic (exact) mass is 398 g/mol. The van der Waals surface area contributed by atoms with Crippen molar-refractivity contribution in [2.75, 3.05) is 0 Å². The first-order valence-corrected chi connectivity index (χ1v) is 12.2. The van der Waals surface area contributed by atoms with Gasteiger partial charge in [-0.05, 0) is 105 Å². The molecule has 4 rings (SSSR count). The van der Waals surface area contributed by atoms with Crippen LogP contribution in [0.4, 0.5) is 0 Å². The van der Waals surface area contributed by atoms with Gasteiger partial charge in [-0.15, -0.1) is 0 Å². The van der Waals surface area contributed by atoms with Crippen molar-refractivity contribution < 1.29 is 9.90 Å². The van der Waals surface area contributed by atoms with E-state index in [1.54, 1.807) is 0 Å². The maximum absolute atomic E-state index is 13.3. The van der Waals surface area contributed by atoms with Crippen LogP contribution in [0.15, 0.2) is 23.8 Å². The molecule has 0 saturated heterocycles. The molecule has 0 spiro atoms. The highest BCUT2D eigenvalue weighted by atomic mass is 16.3. The van der Waals surface area contributed by atoms with Crippen molar-refractivity contribution >= 4 is 5.78 Å². The summed E-state index contributed by atoms with van der Waals surface area (Å²) >= 11 is 0. The highest BCUT2D eigenvalue weighted by molar-refractivity contribution is 5.95. The van der Waals surface area contributed by atoms with E-state index in [2.05, 4.69) is 32.9 Å². The fraction of sp³-hybridized carbons (Fsp3) is 0.815. The molecule has 0 aliphatic heterocycles. The summed E-state index contributed by atoms with van der Waals surface area (Å²) in [7, 11) is 0. The Labute approximate surface area is 178 Å². The smallest absolute Gasteiger partial charge is 0.159 e. The summed E-state index contributed by atoms with van der Waals surface area (Å²) in [6.07, 6.45) is 17.1. The first kappa shape index (κ1) is 21.3. The van der Waals surface area contributed by atoms with Crippen molar-refractivity contribution in [1.29, 1.82) is 0 Å². The fourth-order valence-corrected chi connectivity index (χ4v) is 8.07. The Morgan fingerprint density at radius 3 is 2.66 bits per heavy atom. The van der Waals surface area contributed by atoms with Gasteiger partial charge in [-0.2, -0.15) is 0 Å². The maximum Gasteiger partial charge on any atom is 0.159 e. The van der Waals surface area contributed by atoms with Crippen LogP contribution in [0.5, 0.6) is 0 Å². The number of hydrogen-bond donors (Lipinski definition) is 1. The molecule has 4 aliphatic rings. The van der Waals surface area contributed by atoms with Crippen LogP contribution in [0.2, 0.25) is 0 Å². The van der Waals surface area contributed by atoms with Crippen molar-refractivity contribution in [2.24, 2.45) is 40.4 Å². The van der Waals surface area contributed by atoms with Crippen LogP contribution >= 0.6 is 0 Å². The molecule has 2 heteroatoms. The molecule has 1 N–H and O–H groups in total. The number of fused-ring (bicyclic) bond motifs is 5. The van der Waals surface area contributed by atoms with E-state index in [9.17, 15) is 9.90 Å². The molecule has 2 fully saturated rings. The van der Waals surface area contributed by atoms with Gasteiger partial charge in [-0.3, -0.25) is 4.79 Å². The van der Waals surface area contributed by atoms with Crippen molar-refractivity contribution in [3.8, 4) is 0 Å². The van der Waals surface area contributed by atoms with Crippen LogP contribution in [-0.4, -0.2) is 16.5 Å². The quantitative estimate of drug-likeness (QED) is 0.575. The Hall–Kier alpha value is -0.890. The second kappa shape index (κ2) is 7.36. The summed E-state index contributed by atoms with van der Waals surface area (Å²) in [5.41, 5.74) is 1.29.